The van der Waals surface area contributed by atoms with Gasteiger partial charge in [0.15, 0.2) is 0 Å². The van der Waals surface area contributed by atoms with Crippen LogP contribution >= 0.6 is 0 Å². The third kappa shape index (κ3) is 1.93. The SMILES string of the molecule is CC1(C)CC1C(=O)NCCN. The zero-order valence-electron chi connectivity index (χ0n) is 7.18. The predicted molar refractivity (Wildman–Crippen MR) is 44.0 cm³/mol. The molecule has 0 bridgehead atoms. The van der Waals surface area contributed by atoms with Crippen molar-refractivity contribution in [2.45, 2.75) is 20.3 Å². The molecule has 64 valence electrons. The first-order valence-corrected chi connectivity index (χ1v) is 4.06. The van der Waals surface area contributed by atoms with E-state index in [4.69, 9.17) is 5.73 Å². The van der Waals surface area contributed by atoms with E-state index in [0.717, 1.165) is 6.42 Å². The summed E-state index contributed by atoms with van der Waals surface area (Å²) in [6, 6.07) is 0. The third-order valence-corrected chi connectivity index (χ3v) is 2.27. The monoisotopic (exact) mass is 156 g/mol. The lowest BCUT2D eigenvalue weighted by Crippen LogP contribution is -2.31. The van der Waals surface area contributed by atoms with E-state index in [0.29, 0.717) is 13.1 Å². The Labute approximate surface area is 67.3 Å². The highest BCUT2D eigenvalue weighted by atomic mass is 16.2. The van der Waals surface area contributed by atoms with E-state index in [9.17, 15) is 4.79 Å². The van der Waals surface area contributed by atoms with E-state index in [-0.39, 0.29) is 17.2 Å². The molecule has 0 aromatic heterocycles. The fourth-order valence-corrected chi connectivity index (χ4v) is 1.23. The van der Waals surface area contributed by atoms with Gasteiger partial charge in [-0.05, 0) is 11.8 Å². The van der Waals surface area contributed by atoms with E-state index in [1.54, 1.807) is 0 Å². The molecule has 0 aromatic carbocycles. The van der Waals surface area contributed by atoms with Crippen molar-refractivity contribution in [3.63, 3.8) is 0 Å². The van der Waals surface area contributed by atoms with Gasteiger partial charge in [-0.1, -0.05) is 13.8 Å². The van der Waals surface area contributed by atoms with Crippen LogP contribution in [-0.2, 0) is 4.79 Å². The molecule has 3 nitrogen and oxygen atoms in total. The minimum absolute atomic E-state index is 0.167. The molecule has 0 heterocycles. The quantitative estimate of drug-likeness (QED) is 0.609. The molecule has 1 saturated carbocycles. The van der Waals surface area contributed by atoms with Gasteiger partial charge in [0, 0.05) is 19.0 Å². The molecule has 11 heavy (non-hydrogen) atoms. The van der Waals surface area contributed by atoms with Gasteiger partial charge in [-0.3, -0.25) is 4.79 Å². The van der Waals surface area contributed by atoms with Crippen LogP contribution in [0.25, 0.3) is 0 Å². The van der Waals surface area contributed by atoms with Crippen LogP contribution < -0.4 is 11.1 Å². The molecule has 0 aliphatic heterocycles. The van der Waals surface area contributed by atoms with Crippen molar-refractivity contribution in [1.29, 1.82) is 0 Å². The number of carbonyl (C=O) groups is 1. The summed E-state index contributed by atoms with van der Waals surface area (Å²) in [5, 5.41) is 2.79. The van der Waals surface area contributed by atoms with Crippen molar-refractivity contribution in [2.75, 3.05) is 13.1 Å². The standard InChI is InChI=1S/C8H16N2O/c1-8(2)5-6(8)7(11)10-4-3-9/h6H,3-5,9H2,1-2H3,(H,10,11). The number of nitrogens with one attached hydrogen (secondary N) is 1. The molecule has 3 heteroatoms. The highest BCUT2D eigenvalue weighted by Crippen LogP contribution is 2.51. The summed E-state index contributed by atoms with van der Waals surface area (Å²) < 4.78 is 0. The van der Waals surface area contributed by atoms with E-state index in [1.807, 2.05) is 0 Å². The average Bonchev–Trinajstić information content (AvgIpc) is 2.55. The summed E-state index contributed by atoms with van der Waals surface area (Å²) in [6.45, 7) is 5.35. The maximum Gasteiger partial charge on any atom is 0.223 e. The average molecular weight is 156 g/mol. The smallest absolute Gasteiger partial charge is 0.223 e. The van der Waals surface area contributed by atoms with E-state index < -0.39 is 0 Å². The van der Waals surface area contributed by atoms with Gasteiger partial charge >= 0.3 is 0 Å². The molecule has 3 N–H and O–H groups in total. The summed E-state index contributed by atoms with van der Waals surface area (Å²) in [7, 11) is 0. The number of carbonyl (C=O) groups excluding carboxylic acids is 1. The van der Waals surface area contributed by atoms with Crippen molar-refractivity contribution >= 4 is 5.91 Å². The van der Waals surface area contributed by atoms with Crippen molar-refractivity contribution in [3.8, 4) is 0 Å². The van der Waals surface area contributed by atoms with Crippen molar-refractivity contribution in [2.24, 2.45) is 17.1 Å². The summed E-state index contributed by atoms with van der Waals surface area (Å²) in [6.07, 6.45) is 1.02. The lowest BCUT2D eigenvalue weighted by molar-refractivity contribution is -0.122. The first kappa shape index (κ1) is 8.53. The van der Waals surface area contributed by atoms with Crippen LogP contribution in [0.2, 0.25) is 0 Å². The first-order chi connectivity index (χ1) is 5.08. The van der Waals surface area contributed by atoms with Gasteiger partial charge in [0.1, 0.15) is 0 Å². The van der Waals surface area contributed by atoms with Crippen LogP contribution in [0.5, 0.6) is 0 Å². The molecular formula is C8H16N2O. The molecule has 0 radical (unpaired) electrons. The van der Waals surface area contributed by atoms with Gasteiger partial charge in [0.2, 0.25) is 5.91 Å². The van der Waals surface area contributed by atoms with Crippen molar-refractivity contribution in [3.05, 3.63) is 0 Å². The Balaban J connectivity index is 2.23. The van der Waals surface area contributed by atoms with E-state index in [1.165, 1.54) is 0 Å². The van der Waals surface area contributed by atoms with Crippen molar-refractivity contribution in [1.82, 2.24) is 5.32 Å². The number of hydrogen-bond acceptors (Lipinski definition) is 2. The number of nitrogens with two attached hydrogens (primary N) is 1. The molecular weight excluding hydrogens is 140 g/mol. The second-order valence-corrected chi connectivity index (χ2v) is 3.82. The largest absolute Gasteiger partial charge is 0.355 e. The Morgan fingerprint density at radius 1 is 1.73 bits per heavy atom. The van der Waals surface area contributed by atoms with Gasteiger partial charge in [-0.2, -0.15) is 0 Å². The van der Waals surface area contributed by atoms with Gasteiger partial charge in [0.25, 0.3) is 0 Å². The van der Waals surface area contributed by atoms with Gasteiger partial charge in [-0.15, -0.1) is 0 Å². The maximum atomic E-state index is 11.2. The Hall–Kier alpha value is -0.570. The third-order valence-electron chi connectivity index (χ3n) is 2.27. The van der Waals surface area contributed by atoms with Crippen LogP contribution in [0, 0.1) is 11.3 Å². The van der Waals surface area contributed by atoms with Crippen LogP contribution in [0.1, 0.15) is 20.3 Å². The van der Waals surface area contributed by atoms with Crippen LogP contribution in [0.3, 0.4) is 0 Å². The molecule has 1 unspecified atom stereocenters. The molecule has 0 spiro atoms. The topological polar surface area (TPSA) is 55.1 Å². The molecule has 1 rings (SSSR count). The Morgan fingerprint density at radius 3 is 2.64 bits per heavy atom. The Morgan fingerprint density at radius 2 is 2.27 bits per heavy atom. The summed E-state index contributed by atoms with van der Waals surface area (Å²) in [4.78, 5) is 11.2. The Bertz CT molecular complexity index is 165. The van der Waals surface area contributed by atoms with Crippen LogP contribution in [-0.4, -0.2) is 19.0 Å². The first-order valence-electron chi connectivity index (χ1n) is 4.06. The number of hydrogen-bond donors (Lipinski definition) is 2. The molecule has 1 aliphatic carbocycles. The zero-order valence-corrected chi connectivity index (χ0v) is 7.18. The summed E-state index contributed by atoms with van der Waals surface area (Å²) in [5.41, 5.74) is 5.49. The lowest BCUT2D eigenvalue weighted by atomic mass is 10.1. The second-order valence-electron chi connectivity index (χ2n) is 3.82. The number of amides is 1. The lowest BCUT2D eigenvalue weighted by Gasteiger charge is -2.03. The normalized spacial score (nSPS) is 26.3. The minimum atomic E-state index is 0.167. The van der Waals surface area contributed by atoms with Crippen LogP contribution in [0.15, 0.2) is 0 Å². The van der Waals surface area contributed by atoms with Gasteiger partial charge in [0.05, 0.1) is 0 Å². The molecule has 1 aliphatic rings. The molecule has 1 fully saturated rings. The van der Waals surface area contributed by atoms with E-state index >= 15 is 0 Å². The highest BCUT2D eigenvalue weighted by molar-refractivity contribution is 5.82. The predicted octanol–water partition coefficient (Wildman–Crippen LogP) is 0.107. The molecule has 0 aromatic rings. The fourth-order valence-electron chi connectivity index (χ4n) is 1.23. The minimum Gasteiger partial charge on any atom is -0.355 e. The zero-order chi connectivity index (χ0) is 8.48. The summed E-state index contributed by atoms with van der Waals surface area (Å²) >= 11 is 0. The second kappa shape index (κ2) is 2.81. The van der Waals surface area contributed by atoms with Gasteiger partial charge in [-0.25, -0.2) is 0 Å². The summed E-state index contributed by atoms with van der Waals surface area (Å²) in [5.74, 6) is 0.398. The Kier molecular flexibility index (Phi) is 2.18. The van der Waals surface area contributed by atoms with E-state index in [2.05, 4.69) is 19.2 Å². The number of rotatable bonds is 3. The van der Waals surface area contributed by atoms with Crippen LogP contribution in [0.4, 0.5) is 0 Å². The molecule has 0 saturated heterocycles. The molecule has 1 amide bonds. The highest BCUT2D eigenvalue weighted by Gasteiger charge is 2.50. The van der Waals surface area contributed by atoms with Gasteiger partial charge < -0.3 is 11.1 Å². The maximum absolute atomic E-state index is 11.2. The molecule has 1 atom stereocenters. The van der Waals surface area contributed by atoms with Crippen molar-refractivity contribution < 1.29 is 4.79 Å². The fraction of sp³-hybridized carbons (Fsp3) is 0.875.